The maximum Gasteiger partial charge on any atom is 0.410 e. The first-order valence-electron chi connectivity index (χ1n) is 12.5. The minimum Gasteiger partial charge on any atom is -0.494 e. The van der Waals surface area contributed by atoms with Gasteiger partial charge in [-0.2, -0.15) is 5.10 Å². The van der Waals surface area contributed by atoms with Gasteiger partial charge in [0.25, 0.3) is 0 Å². The molecule has 1 aliphatic rings. The molecule has 5 rings (SSSR count). The monoisotopic (exact) mass is 572 g/mol. The number of anilines is 1. The molecule has 1 amide bonds. The summed E-state index contributed by atoms with van der Waals surface area (Å²) in [5, 5.41) is 4.27. The van der Waals surface area contributed by atoms with Crippen molar-refractivity contribution in [1.82, 2.24) is 24.6 Å². The molecule has 10 nitrogen and oxygen atoms in total. The summed E-state index contributed by atoms with van der Waals surface area (Å²) in [7, 11) is 1.37. The highest BCUT2D eigenvalue weighted by Gasteiger charge is 2.31. The van der Waals surface area contributed by atoms with Gasteiger partial charge in [-0.25, -0.2) is 28.2 Å². The van der Waals surface area contributed by atoms with Crippen molar-refractivity contribution >= 4 is 51.2 Å². The Hall–Kier alpha value is -4.06. The van der Waals surface area contributed by atoms with Gasteiger partial charge in [-0.3, -0.25) is 4.79 Å². The van der Waals surface area contributed by atoms with Gasteiger partial charge in [-0.1, -0.05) is 11.6 Å². The average molecular weight is 573 g/mol. The van der Waals surface area contributed by atoms with Crippen LogP contribution in [0.5, 0.6) is 5.75 Å². The van der Waals surface area contributed by atoms with Gasteiger partial charge < -0.3 is 19.3 Å². The summed E-state index contributed by atoms with van der Waals surface area (Å²) >= 11 is 6.74. The predicted octanol–water partition coefficient (Wildman–Crippen LogP) is 5.30. The molecule has 1 aliphatic heterocycles. The molecule has 0 unspecified atom stereocenters. The summed E-state index contributed by atoms with van der Waals surface area (Å²) in [5.74, 6) is -1.60. The number of carbonyl (C=O) groups is 2. The fourth-order valence-electron chi connectivity index (χ4n) is 4.85. The molecule has 3 heterocycles. The normalized spacial score (nSPS) is 14.2. The number of halogens is 3. The van der Waals surface area contributed by atoms with Crippen LogP contribution in [0, 0.1) is 11.6 Å². The Bertz CT molecular complexity index is 1660. The van der Waals surface area contributed by atoms with Gasteiger partial charge in [-0.15, -0.1) is 0 Å². The zero-order chi connectivity index (χ0) is 28.9. The fraction of sp³-hybridized carbons (Fsp3) is 0.370. The molecular weight excluding hydrogens is 546 g/mol. The molecule has 0 radical (unpaired) electrons. The van der Waals surface area contributed by atoms with Crippen LogP contribution in [0.2, 0.25) is 5.02 Å². The van der Waals surface area contributed by atoms with E-state index < -0.39 is 23.3 Å². The van der Waals surface area contributed by atoms with E-state index in [2.05, 4.69) is 15.1 Å². The first-order chi connectivity index (χ1) is 18.9. The Morgan fingerprint density at radius 3 is 2.38 bits per heavy atom. The molecule has 0 saturated carbocycles. The van der Waals surface area contributed by atoms with Crippen molar-refractivity contribution in [1.29, 1.82) is 0 Å². The van der Waals surface area contributed by atoms with Crippen LogP contribution < -0.4 is 9.64 Å². The van der Waals surface area contributed by atoms with Gasteiger partial charge in [0.05, 0.1) is 29.2 Å². The average Bonchev–Trinajstić information content (AvgIpc) is 3.34. The Kier molecular flexibility index (Phi) is 6.99. The number of hydrogen-bond donors (Lipinski definition) is 0. The summed E-state index contributed by atoms with van der Waals surface area (Å²) in [6.45, 7) is 8.18. The lowest BCUT2D eigenvalue weighted by molar-refractivity contribution is 0.0240. The highest BCUT2D eigenvalue weighted by atomic mass is 35.5. The quantitative estimate of drug-likeness (QED) is 0.326. The lowest BCUT2D eigenvalue weighted by atomic mass is 9.98. The van der Waals surface area contributed by atoms with E-state index in [1.165, 1.54) is 32.6 Å². The molecule has 0 bridgehead atoms. The Balaban J connectivity index is 1.61. The molecular formula is C27H27ClF2N6O4. The van der Waals surface area contributed by atoms with Crippen molar-refractivity contribution in [3.8, 4) is 16.9 Å². The van der Waals surface area contributed by atoms with E-state index in [-0.39, 0.29) is 44.1 Å². The second-order valence-electron chi connectivity index (χ2n) is 10.3. The predicted molar refractivity (Wildman–Crippen MR) is 146 cm³/mol. The van der Waals surface area contributed by atoms with Crippen molar-refractivity contribution < 1.29 is 27.8 Å². The van der Waals surface area contributed by atoms with E-state index in [4.69, 9.17) is 21.1 Å². The van der Waals surface area contributed by atoms with Crippen LogP contribution in [0.15, 0.2) is 24.7 Å². The third-order valence-electron chi connectivity index (χ3n) is 6.59. The summed E-state index contributed by atoms with van der Waals surface area (Å²) in [6, 6.07) is 2.52. The van der Waals surface area contributed by atoms with Crippen molar-refractivity contribution in [2.24, 2.45) is 0 Å². The second kappa shape index (κ2) is 10.2. The van der Waals surface area contributed by atoms with E-state index in [0.717, 1.165) is 10.7 Å². The minimum atomic E-state index is -0.876. The van der Waals surface area contributed by atoms with Crippen LogP contribution in [0.25, 0.3) is 32.9 Å². The standard InChI is InChI=1S/C27H27ClF2N6O4/c1-14(37)36-17-7-6-16(29)18(15(17)12-33-36)19-21(28)24(39-5)20-23(22(19)30)31-13-32-25(20)34-8-10-35(11-9-34)26(38)40-27(2,3)4/h6-7,12-13H,8-11H2,1-5H3. The molecule has 4 aromatic rings. The molecule has 0 N–H and O–H groups in total. The molecule has 40 heavy (non-hydrogen) atoms. The zero-order valence-corrected chi connectivity index (χ0v) is 23.3. The van der Waals surface area contributed by atoms with Crippen molar-refractivity contribution in [3.63, 3.8) is 0 Å². The van der Waals surface area contributed by atoms with Gasteiger partial charge in [0.15, 0.2) is 11.6 Å². The third kappa shape index (κ3) is 4.66. The summed E-state index contributed by atoms with van der Waals surface area (Å²) in [5.41, 5.74) is -0.878. The van der Waals surface area contributed by atoms with Gasteiger partial charge in [0, 0.05) is 49.6 Å². The molecule has 2 aromatic heterocycles. The van der Waals surface area contributed by atoms with Crippen LogP contribution in [-0.4, -0.2) is 75.5 Å². The maximum absolute atomic E-state index is 16.3. The second-order valence-corrected chi connectivity index (χ2v) is 10.7. The number of hydrogen-bond acceptors (Lipinski definition) is 8. The first-order valence-corrected chi connectivity index (χ1v) is 12.9. The number of methoxy groups -OCH3 is 1. The highest BCUT2D eigenvalue weighted by Crippen LogP contribution is 2.48. The minimum absolute atomic E-state index is 0.0635. The topological polar surface area (TPSA) is 103 Å². The first kappa shape index (κ1) is 27.5. The van der Waals surface area contributed by atoms with Crippen molar-refractivity contribution in [2.45, 2.75) is 33.3 Å². The third-order valence-corrected chi connectivity index (χ3v) is 6.95. The molecule has 1 fully saturated rings. The lowest BCUT2D eigenvalue weighted by Crippen LogP contribution is -2.50. The SMILES string of the molecule is COc1c(Cl)c(-c2c(F)ccc3c2cnn3C(C)=O)c(F)c2ncnc(N3CCN(C(=O)OC(C)(C)C)CC3)c12. The fourth-order valence-corrected chi connectivity index (χ4v) is 5.20. The van der Waals surface area contributed by atoms with Crippen molar-refractivity contribution in [3.05, 3.63) is 41.3 Å². The van der Waals surface area contributed by atoms with E-state index >= 15 is 8.78 Å². The molecule has 13 heteroatoms. The zero-order valence-electron chi connectivity index (χ0n) is 22.6. The smallest absolute Gasteiger partial charge is 0.410 e. The number of amides is 1. The number of rotatable bonds is 3. The number of ether oxygens (including phenoxy) is 2. The number of carbonyl (C=O) groups excluding carboxylic acids is 2. The lowest BCUT2D eigenvalue weighted by Gasteiger charge is -2.36. The summed E-state index contributed by atoms with van der Waals surface area (Å²) < 4.78 is 43.8. The Morgan fingerprint density at radius 1 is 1.05 bits per heavy atom. The number of fused-ring (bicyclic) bond motifs is 2. The largest absolute Gasteiger partial charge is 0.494 e. The summed E-state index contributed by atoms with van der Waals surface area (Å²) in [6.07, 6.45) is 2.08. The van der Waals surface area contributed by atoms with Gasteiger partial charge in [-0.05, 0) is 32.9 Å². The van der Waals surface area contributed by atoms with Crippen LogP contribution >= 0.6 is 11.6 Å². The van der Waals surface area contributed by atoms with E-state index in [9.17, 15) is 9.59 Å². The number of aromatic nitrogens is 4. The maximum atomic E-state index is 16.3. The number of nitrogens with zero attached hydrogens (tertiary/aromatic N) is 6. The molecule has 210 valence electrons. The molecule has 0 aliphatic carbocycles. The van der Waals surface area contributed by atoms with Gasteiger partial charge >= 0.3 is 6.09 Å². The highest BCUT2D eigenvalue weighted by molar-refractivity contribution is 6.37. The molecule has 2 aromatic carbocycles. The molecule has 0 spiro atoms. The van der Waals surface area contributed by atoms with Gasteiger partial charge in [0.1, 0.15) is 29.1 Å². The van der Waals surface area contributed by atoms with E-state index in [1.54, 1.807) is 25.7 Å². The van der Waals surface area contributed by atoms with Gasteiger partial charge in [0.2, 0.25) is 5.91 Å². The Labute approximate surface area is 233 Å². The molecule has 0 atom stereocenters. The number of benzene rings is 2. The van der Waals surface area contributed by atoms with Crippen LogP contribution in [0.1, 0.15) is 32.5 Å². The molecule has 1 saturated heterocycles. The summed E-state index contributed by atoms with van der Waals surface area (Å²) in [4.78, 5) is 36.5. The van der Waals surface area contributed by atoms with Crippen LogP contribution in [0.3, 0.4) is 0 Å². The van der Waals surface area contributed by atoms with Crippen molar-refractivity contribution in [2.75, 3.05) is 38.2 Å². The van der Waals surface area contributed by atoms with E-state index in [0.29, 0.717) is 37.5 Å². The van der Waals surface area contributed by atoms with E-state index in [1.807, 2.05) is 4.90 Å². The Morgan fingerprint density at radius 2 is 1.75 bits per heavy atom. The van der Waals surface area contributed by atoms with Crippen LogP contribution in [-0.2, 0) is 4.74 Å². The van der Waals surface area contributed by atoms with Crippen LogP contribution in [0.4, 0.5) is 19.4 Å². The number of piperazine rings is 1.